The van der Waals surface area contributed by atoms with Crippen LogP contribution in [0.15, 0.2) is 10.5 Å². The van der Waals surface area contributed by atoms with Gasteiger partial charge in [0, 0.05) is 11.9 Å². The van der Waals surface area contributed by atoms with Crippen molar-refractivity contribution in [2.45, 2.75) is 32.1 Å². The van der Waals surface area contributed by atoms with Gasteiger partial charge in [0.05, 0.1) is 18.0 Å². The molecule has 0 spiro atoms. The summed E-state index contributed by atoms with van der Waals surface area (Å²) in [6, 6.07) is 0. The van der Waals surface area contributed by atoms with Gasteiger partial charge >= 0.3 is 0 Å². The fourth-order valence-electron chi connectivity index (χ4n) is 1.59. The van der Waals surface area contributed by atoms with Crippen LogP contribution < -0.4 is 11.1 Å². The lowest BCUT2D eigenvalue weighted by atomic mass is 10.6. The first-order chi connectivity index (χ1) is 9.63. The van der Waals surface area contributed by atoms with Gasteiger partial charge in [-0.25, -0.2) is 4.98 Å². The van der Waals surface area contributed by atoms with Gasteiger partial charge in [-0.1, -0.05) is 11.8 Å². The third-order valence-corrected chi connectivity index (χ3v) is 4.33. The average Bonchev–Trinajstić information content (AvgIpc) is 3.01. The van der Waals surface area contributed by atoms with E-state index in [1.165, 1.54) is 23.1 Å². The maximum absolute atomic E-state index is 11.8. The number of nitrogens with one attached hydrogen (secondary N) is 1. The number of aromatic nitrogens is 4. The summed E-state index contributed by atoms with van der Waals surface area (Å²) in [5.41, 5.74) is 6.48. The van der Waals surface area contributed by atoms with Gasteiger partial charge in [0.15, 0.2) is 10.3 Å². The summed E-state index contributed by atoms with van der Waals surface area (Å²) >= 11 is 2.75. The highest BCUT2D eigenvalue weighted by atomic mass is 32.2. The fourth-order valence-corrected chi connectivity index (χ4v) is 3.12. The number of thiazole rings is 1. The topological polar surface area (TPSA) is 98.7 Å². The third kappa shape index (κ3) is 3.56. The maximum atomic E-state index is 11.8. The van der Waals surface area contributed by atoms with Crippen molar-refractivity contribution in [3.63, 3.8) is 0 Å². The van der Waals surface area contributed by atoms with Gasteiger partial charge in [0.1, 0.15) is 5.82 Å². The summed E-state index contributed by atoms with van der Waals surface area (Å²) in [6.07, 6.45) is 0. The number of anilines is 1. The second-order valence-electron chi connectivity index (χ2n) is 3.98. The Balaban J connectivity index is 1.91. The van der Waals surface area contributed by atoms with Gasteiger partial charge in [-0.3, -0.25) is 4.79 Å². The molecule has 1 amide bonds. The van der Waals surface area contributed by atoms with E-state index in [-0.39, 0.29) is 11.7 Å². The van der Waals surface area contributed by atoms with Crippen molar-refractivity contribution in [1.29, 1.82) is 0 Å². The molecule has 108 valence electrons. The largest absolute Gasteiger partial charge is 0.324 e. The molecule has 0 atom stereocenters. The van der Waals surface area contributed by atoms with E-state index in [4.69, 9.17) is 5.73 Å². The van der Waals surface area contributed by atoms with E-state index in [0.717, 1.165) is 18.1 Å². The van der Waals surface area contributed by atoms with Gasteiger partial charge in [-0.2, -0.15) is 0 Å². The number of aryl methyl sites for hydroxylation is 1. The van der Waals surface area contributed by atoms with Crippen LogP contribution in [0.5, 0.6) is 0 Å². The predicted octanol–water partition coefficient (Wildman–Crippen LogP) is 1.25. The number of nitrogens with two attached hydrogens (primary N) is 1. The Morgan fingerprint density at radius 2 is 2.35 bits per heavy atom. The summed E-state index contributed by atoms with van der Waals surface area (Å²) < 4.78 is 1.91. The van der Waals surface area contributed by atoms with Gasteiger partial charge < -0.3 is 15.6 Å². The van der Waals surface area contributed by atoms with E-state index in [1.807, 2.05) is 23.8 Å². The van der Waals surface area contributed by atoms with E-state index >= 15 is 0 Å². The molecule has 7 nitrogen and oxygen atoms in total. The lowest BCUT2D eigenvalue weighted by molar-refractivity contribution is -0.113. The molecule has 0 saturated carbocycles. The number of hydrogen-bond acceptors (Lipinski definition) is 7. The van der Waals surface area contributed by atoms with Crippen LogP contribution in [0.4, 0.5) is 5.13 Å². The molecule has 9 heteroatoms. The summed E-state index contributed by atoms with van der Waals surface area (Å²) in [5, 5.41) is 14.0. The molecule has 0 radical (unpaired) electrons. The third-order valence-electron chi connectivity index (χ3n) is 2.49. The summed E-state index contributed by atoms with van der Waals surface area (Å²) in [5.74, 6) is 0.886. The fraction of sp³-hybridized carbons (Fsp3) is 0.455. The van der Waals surface area contributed by atoms with Crippen molar-refractivity contribution < 1.29 is 4.79 Å². The van der Waals surface area contributed by atoms with Crippen molar-refractivity contribution in [3.8, 4) is 0 Å². The summed E-state index contributed by atoms with van der Waals surface area (Å²) in [6.45, 7) is 4.95. The zero-order valence-corrected chi connectivity index (χ0v) is 12.9. The smallest absolute Gasteiger partial charge is 0.236 e. The molecule has 0 aliphatic rings. The van der Waals surface area contributed by atoms with E-state index in [2.05, 4.69) is 20.5 Å². The Morgan fingerprint density at radius 3 is 2.95 bits per heavy atom. The van der Waals surface area contributed by atoms with Crippen LogP contribution in [-0.2, 0) is 17.9 Å². The molecule has 0 unspecified atom stereocenters. The molecule has 3 N–H and O–H groups in total. The van der Waals surface area contributed by atoms with E-state index < -0.39 is 0 Å². The summed E-state index contributed by atoms with van der Waals surface area (Å²) in [4.78, 5) is 16.0. The normalized spacial score (nSPS) is 10.8. The Labute approximate surface area is 125 Å². The monoisotopic (exact) mass is 312 g/mol. The SMILES string of the molecule is CCn1c(CN)nnc1SCC(=O)Nc1nc(C)cs1. The zero-order chi connectivity index (χ0) is 14.5. The molecule has 20 heavy (non-hydrogen) atoms. The molecule has 2 rings (SSSR count). The van der Waals surface area contributed by atoms with Crippen LogP contribution in [0.3, 0.4) is 0 Å². The Hall–Kier alpha value is -1.45. The molecule has 2 aromatic rings. The van der Waals surface area contributed by atoms with Crippen molar-refractivity contribution in [2.24, 2.45) is 5.73 Å². The van der Waals surface area contributed by atoms with Crippen molar-refractivity contribution in [3.05, 3.63) is 16.9 Å². The number of carbonyl (C=O) groups is 1. The quantitative estimate of drug-likeness (QED) is 0.779. The number of rotatable bonds is 6. The molecule has 0 saturated heterocycles. The number of carbonyl (C=O) groups excluding carboxylic acids is 1. The number of nitrogens with zero attached hydrogens (tertiary/aromatic N) is 4. The highest BCUT2D eigenvalue weighted by Crippen LogP contribution is 2.18. The van der Waals surface area contributed by atoms with Crippen molar-refractivity contribution in [1.82, 2.24) is 19.7 Å². The minimum Gasteiger partial charge on any atom is -0.324 e. The van der Waals surface area contributed by atoms with Crippen LogP contribution in [0.2, 0.25) is 0 Å². The van der Waals surface area contributed by atoms with E-state index in [0.29, 0.717) is 16.8 Å². The minimum absolute atomic E-state index is 0.107. The number of amides is 1. The number of hydrogen-bond donors (Lipinski definition) is 2. The molecule has 2 aromatic heterocycles. The van der Waals surface area contributed by atoms with Gasteiger partial charge in [0.2, 0.25) is 5.91 Å². The van der Waals surface area contributed by atoms with E-state index in [9.17, 15) is 4.79 Å². The van der Waals surface area contributed by atoms with Crippen LogP contribution in [0.25, 0.3) is 0 Å². The van der Waals surface area contributed by atoms with Crippen molar-refractivity contribution in [2.75, 3.05) is 11.1 Å². The van der Waals surface area contributed by atoms with Gasteiger partial charge in [0.25, 0.3) is 0 Å². The van der Waals surface area contributed by atoms with Crippen molar-refractivity contribution >= 4 is 34.1 Å². The highest BCUT2D eigenvalue weighted by Gasteiger charge is 2.12. The zero-order valence-electron chi connectivity index (χ0n) is 11.3. The maximum Gasteiger partial charge on any atom is 0.236 e. The first-order valence-corrected chi connectivity index (χ1v) is 7.97. The molecule has 0 aliphatic carbocycles. The number of thioether (sulfide) groups is 1. The standard InChI is InChI=1S/C11H16N6OS2/c1-3-17-8(4-12)15-16-11(17)20-6-9(18)14-10-13-7(2)5-19-10/h5H,3-4,6,12H2,1-2H3,(H,13,14,18). The Morgan fingerprint density at radius 1 is 1.55 bits per heavy atom. The van der Waals surface area contributed by atoms with Crippen LogP contribution in [0.1, 0.15) is 18.4 Å². The second-order valence-corrected chi connectivity index (χ2v) is 5.78. The molecular weight excluding hydrogens is 296 g/mol. The first-order valence-electron chi connectivity index (χ1n) is 6.11. The Kier molecular flexibility index (Phi) is 5.10. The molecule has 0 fully saturated rings. The predicted molar refractivity (Wildman–Crippen MR) is 79.8 cm³/mol. The molecular formula is C11H16N6OS2. The lowest BCUT2D eigenvalue weighted by Crippen LogP contribution is -2.15. The Bertz CT molecular complexity index is 594. The highest BCUT2D eigenvalue weighted by molar-refractivity contribution is 7.99. The lowest BCUT2D eigenvalue weighted by Gasteiger charge is -2.05. The molecule has 0 aromatic carbocycles. The average molecular weight is 312 g/mol. The van der Waals surface area contributed by atoms with E-state index in [1.54, 1.807) is 0 Å². The van der Waals surface area contributed by atoms with Crippen LogP contribution in [-0.4, -0.2) is 31.4 Å². The second kappa shape index (κ2) is 6.82. The van der Waals surface area contributed by atoms with Crippen LogP contribution in [0, 0.1) is 6.92 Å². The van der Waals surface area contributed by atoms with Crippen LogP contribution >= 0.6 is 23.1 Å². The minimum atomic E-state index is -0.107. The van der Waals surface area contributed by atoms with Gasteiger partial charge in [-0.05, 0) is 13.8 Å². The first kappa shape index (κ1) is 14.9. The van der Waals surface area contributed by atoms with Gasteiger partial charge in [-0.15, -0.1) is 21.5 Å². The molecule has 0 aliphatic heterocycles. The molecule has 2 heterocycles. The summed E-state index contributed by atoms with van der Waals surface area (Å²) in [7, 11) is 0. The molecule has 0 bridgehead atoms.